The number of carbonyl (C=O) groups excluding carboxylic acids is 1. The second-order valence-corrected chi connectivity index (χ2v) is 3.76. The lowest BCUT2D eigenvalue weighted by Gasteiger charge is -2.10. The average molecular weight is 253 g/mol. The summed E-state index contributed by atoms with van der Waals surface area (Å²) < 4.78 is 10.4. The molecule has 0 saturated carbocycles. The van der Waals surface area contributed by atoms with Gasteiger partial charge in [-0.3, -0.25) is 9.63 Å². The van der Waals surface area contributed by atoms with Crippen LogP contribution in [-0.4, -0.2) is 27.2 Å². The second-order valence-electron chi connectivity index (χ2n) is 3.76. The Morgan fingerprint density at radius 3 is 2.61 bits per heavy atom. The zero-order chi connectivity index (χ0) is 13.4. The summed E-state index contributed by atoms with van der Waals surface area (Å²) in [6.45, 7) is 0. The van der Waals surface area contributed by atoms with E-state index >= 15 is 0 Å². The third kappa shape index (κ3) is 4.25. The van der Waals surface area contributed by atoms with Crippen LogP contribution in [0.2, 0.25) is 0 Å². The molecule has 0 unspecified atom stereocenters. The fourth-order valence-corrected chi connectivity index (χ4v) is 1.66. The Balaban J connectivity index is 2.53. The van der Waals surface area contributed by atoms with Crippen molar-refractivity contribution < 1.29 is 19.1 Å². The Kier molecular flexibility index (Phi) is 6.00. The number of hydrogen-bond acceptors (Lipinski definition) is 4. The third-order valence-corrected chi connectivity index (χ3v) is 2.56. The number of hydroxylamine groups is 1. The van der Waals surface area contributed by atoms with Crippen molar-refractivity contribution in [2.45, 2.75) is 19.3 Å². The lowest BCUT2D eigenvalue weighted by molar-refractivity contribution is -0.131. The minimum atomic E-state index is -0.120. The first kappa shape index (κ1) is 14.3. The molecule has 5 nitrogen and oxygen atoms in total. The van der Waals surface area contributed by atoms with Crippen LogP contribution in [0.15, 0.2) is 18.2 Å². The average Bonchev–Trinajstić information content (AvgIpc) is 2.39. The molecule has 1 amide bonds. The van der Waals surface area contributed by atoms with Gasteiger partial charge in [0.1, 0.15) is 11.5 Å². The molecule has 0 atom stereocenters. The minimum absolute atomic E-state index is 0.120. The minimum Gasteiger partial charge on any atom is -0.497 e. The summed E-state index contributed by atoms with van der Waals surface area (Å²) in [5.74, 6) is 1.42. The number of ether oxygens (including phenoxy) is 2. The number of aryl methyl sites for hydroxylation is 1. The number of carbonyl (C=O) groups is 1. The molecule has 1 rings (SSSR count). The molecule has 1 aromatic carbocycles. The summed E-state index contributed by atoms with van der Waals surface area (Å²) in [5.41, 5.74) is 3.35. The Hall–Kier alpha value is -1.75. The summed E-state index contributed by atoms with van der Waals surface area (Å²) >= 11 is 0. The lowest BCUT2D eigenvalue weighted by atomic mass is 10.1. The largest absolute Gasteiger partial charge is 0.497 e. The number of nitrogens with one attached hydrogen (secondary N) is 1. The molecule has 1 N–H and O–H groups in total. The maximum absolute atomic E-state index is 11.2. The van der Waals surface area contributed by atoms with Crippen LogP contribution in [-0.2, 0) is 16.1 Å². The van der Waals surface area contributed by atoms with E-state index in [0.717, 1.165) is 29.9 Å². The van der Waals surface area contributed by atoms with Gasteiger partial charge in [-0.1, -0.05) is 6.07 Å². The Labute approximate surface area is 107 Å². The lowest BCUT2D eigenvalue weighted by Crippen LogP contribution is -2.21. The van der Waals surface area contributed by atoms with E-state index in [-0.39, 0.29) is 5.91 Å². The van der Waals surface area contributed by atoms with E-state index in [0.29, 0.717) is 6.42 Å². The highest BCUT2D eigenvalue weighted by molar-refractivity contribution is 5.74. The second kappa shape index (κ2) is 7.55. The zero-order valence-electron chi connectivity index (χ0n) is 11.0. The van der Waals surface area contributed by atoms with Gasteiger partial charge in [-0.2, -0.15) is 0 Å². The molecule has 0 bridgehead atoms. The van der Waals surface area contributed by atoms with Crippen LogP contribution in [0.5, 0.6) is 11.5 Å². The molecule has 0 radical (unpaired) electrons. The van der Waals surface area contributed by atoms with Crippen molar-refractivity contribution in [1.82, 2.24) is 5.48 Å². The molecule has 0 aromatic heterocycles. The van der Waals surface area contributed by atoms with Crippen LogP contribution < -0.4 is 15.0 Å². The molecular formula is C13H19NO4. The van der Waals surface area contributed by atoms with Crippen LogP contribution >= 0.6 is 0 Å². The van der Waals surface area contributed by atoms with Gasteiger partial charge in [0, 0.05) is 12.5 Å². The number of benzene rings is 1. The van der Waals surface area contributed by atoms with E-state index < -0.39 is 0 Å². The predicted molar refractivity (Wildman–Crippen MR) is 67.6 cm³/mol. The molecule has 100 valence electrons. The van der Waals surface area contributed by atoms with Gasteiger partial charge in [0.2, 0.25) is 5.91 Å². The standard InChI is InChI=1S/C13H19NO4/c1-16-11-8-7-10(12(9-11)17-2)5-4-6-13(15)14-18-3/h7-9H,4-6H2,1-3H3,(H,14,15). The van der Waals surface area contributed by atoms with Crippen molar-refractivity contribution in [3.63, 3.8) is 0 Å². The number of amides is 1. The topological polar surface area (TPSA) is 56.8 Å². The molecule has 5 heteroatoms. The van der Waals surface area contributed by atoms with Crippen molar-refractivity contribution in [1.29, 1.82) is 0 Å². The third-order valence-electron chi connectivity index (χ3n) is 2.56. The number of methoxy groups -OCH3 is 2. The summed E-state index contributed by atoms with van der Waals surface area (Å²) in [6.07, 6.45) is 1.92. The van der Waals surface area contributed by atoms with E-state index in [1.54, 1.807) is 14.2 Å². The van der Waals surface area contributed by atoms with Crippen LogP contribution in [0.25, 0.3) is 0 Å². The maximum atomic E-state index is 11.2. The molecule has 0 aliphatic rings. The molecule has 0 aliphatic carbocycles. The van der Waals surface area contributed by atoms with Crippen molar-refractivity contribution >= 4 is 5.91 Å². The van der Waals surface area contributed by atoms with E-state index in [1.807, 2.05) is 18.2 Å². The molecular weight excluding hydrogens is 234 g/mol. The van der Waals surface area contributed by atoms with Gasteiger partial charge >= 0.3 is 0 Å². The normalized spacial score (nSPS) is 9.94. The Bertz CT molecular complexity index is 393. The van der Waals surface area contributed by atoms with E-state index in [2.05, 4.69) is 10.3 Å². The highest BCUT2D eigenvalue weighted by atomic mass is 16.6. The highest BCUT2D eigenvalue weighted by Crippen LogP contribution is 2.25. The molecule has 0 spiro atoms. The monoisotopic (exact) mass is 253 g/mol. The molecule has 1 aromatic rings. The summed E-state index contributed by atoms with van der Waals surface area (Å²) in [5, 5.41) is 0. The van der Waals surface area contributed by atoms with Gasteiger partial charge in [-0.25, -0.2) is 5.48 Å². The predicted octanol–water partition coefficient (Wildman–Crippen LogP) is 1.70. The van der Waals surface area contributed by atoms with Crippen LogP contribution in [0.1, 0.15) is 18.4 Å². The summed E-state index contributed by atoms with van der Waals surface area (Å²) in [7, 11) is 4.66. The molecule has 0 heterocycles. The van der Waals surface area contributed by atoms with E-state index in [9.17, 15) is 4.79 Å². The van der Waals surface area contributed by atoms with Gasteiger partial charge < -0.3 is 9.47 Å². The fourth-order valence-electron chi connectivity index (χ4n) is 1.66. The number of hydrogen-bond donors (Lipinski definition) is 1. The van der Waals surface area contributed by atoms with Crippen LogP contribution in [0.3, 0.4) is 0 Å². The zero-order valence-corrected chi connectivity index (χ0v) is 11.0. The first-order chi connectivity index (χ1) is 8.71. The van der Waals surface area contributed by atoms with Crippen LogP contribution in [0, 0.1) is 0 Å². The molecule has 0 fully saturated rings. The van der Waals surface area contributed by atoms with Gasteiger partial charge in [-0.15, -0.1) is 0 Å². The molecule has 0 saturated heterocycles. The van der Waals surface area contributed by atoms with Crippen molar-refractivity contribution in [3.8, 4) is 11.5 Å². The first-order valence-corrected chi connectivity index (χ1v) is 5.74. The fraction of sp³-hybridized carbons (Fsp3) is 0.462. The highest BCUT2D eigenvalue weighted by Gasteiger charge is 2.06. The SMILES string of the molecule is CONC(=O)CCCc1ccc(OC)cc1OC. The van der Waals surface area contributed by atoms with Gasteiger partial charge in [-0.05, 0) is 24.5 Å². The van der Waals surface area contributed by atoms with E-state index in [4.69, 9.17) is 9.47 Å². The van der Waals surface area contributed by atoms with Gasteiger partial charge in [0.05, 0.1) is 21.3 Å². The Morgan fingerprint density at radius 1 is 1.22 bits per heavy atom. The molecule has 0 aliphatic heterocycles. The quantitative estimate of drug-likeness (QED) is 0.751. The van der Waals surface area contributed by atoms with Gasteiger partial charge in [0.25, 0.3) is 0 Å². The van der Waals surface area contributed by atoms with Crippen molar-refractivity contribution in [2.24, 2.45) is 0 Å². The number of rotatable bonds is 7. The first-order valence-electron chi connectivity index (χ1n) is 5.74. The summed E-state index contributed by atoms with van der Waals surface area (Å²) in [6, 6.07) is 5.67. The van der Waals surface area contributed by atoms with Crippen LogP contribution in [0.4, 0.5) is 0 Å². The smallest absolute Gasteiger partial charge is 0.243 e. The maximum Gasteiger partial charge on any atom is 0.243 e. The van der Waals surface area contributed by atoms with Crippen molar-refractivity contribution in [2.75, 3.05) is 21.3 Å². The van der Waals surface area contributed by atoms with E-state index in [1.165, 1.54) is 7.11 Å². The Morgan fingerprint density at radius 2 is 2.00 bits per heavy atom. The summed E-state index contributed by atoms with van der Waals surface area (Å²) in [4.78, 5) is 15.7. The van der Waals surface area contributed by atoms with Crippen molar-refractivity contribution in [3.05, 3.63) is 23.8 Å². The van der Waals surface area contributed by atoms with Gasteiger partial charge in [0.15, 0.2) is 0 Å². The molecule has 18 heavy (non-hydrogen) atoms.